The Labute approximate surface area is 195 Å². The summed E-state index contributed by atoms with van der Waals surface area (Å²) in [6.07, 6.45) is 0.805. The molecule has 2 atom stereocenters. The van der Waals surface area contributed by atoms with Gasteiger partial charge in [0, 0.05) is 23.3 Å². The second kappa shape index (κ2) is 8.33. The SMILES string of the molecule is COc1ccc(C2CC(=O)C3=C(C2)Nc2[nH][nH]c(=O)c2C3c2cccc(OC)c2O)cc1OC. The Bertz CT molecular complexity index is 1370. The van der Waals surface area contributed by atoms with Crippen LogP contribution in [-0.4, -0.2) is 42.4 Å². The highest BCUT2D eigenvalue weighted by molar-refractivity contribution is 6.01. The van der Waals surface area contributed by atoms with E-state index >= 15 is 0 Å². The van der Waals surface area contributed by atoms with Crippen LogP contribution in [0.2, 0.25) is 0 Å². The quantitative estimate of drug-likeness (QED) is 0.457. The lowest BCUT2D eigenvalue weighted by molar-refractivity contribution is -0.116. The largest absolute Gasteiger partial charge is 0.504 e. The molecule has 4 N–H and O–H groups in total. The molecule has 34 heavy (non-hydrogen) atoms. The molecular formula is C25H25N3O6. The number of hydrogen-bond acceptors (Lipinski definition) is 7. The fourth-order valence-electron chi connectivity index (χ4n) is 5.01. The molecule has 2 unspecified atom stereocenters. The van der Waals surface area contributed by atoms with Gasteiger partial charge in [-0.2, -0.15) is 0 Å². The molecule has 9 nitrogen and oxygen atoms in total. The van der Waals surface area contributed by atoms with Crippen LogP contribution in [0.1, 0.15) is 41.4 Å². The third kappa shape index (κ3) is 3.32. The maximum Gasteiger partial charge on any atom is 0.270 e. The number of ketones is 1. The van der Waals surface area contributed by atoms with E-state index in [1.54, 1.807) is 32.4 Å². The smallest absolute Gasteiger partial charge is 0.270 e. The molecule has 0 saturated carbocycles. The van der Waals surface area contributed by atoms with E-state index in [2.05, 4.69) is 15.5 Å². The number of fused-ring (bicyclic) bond motifs is 1. The number of aromatic amines is 2. The molecule has 0 amide bonds. The third-order valence-corrected chi connectivity index (χ3v) is 6.62. The topological polar surface area (TPSA) is 126 Å². The molecule has 3 aromatic rings. The van der Waals surface area contributed by atoms with Crippen LogP contribution in [-0.2, 0) is 4.79 Å². The predicted octanol–water partition coefficient (Wildman–Crippen LogP) is 3.39. The molecule has 1 aliphatic heterocycles. The van der Waals surface area contributed by atoms with Crippen molar-refractivity contribution in [3.63, 3.8) is 0 Å². The highest BCUT2D eigenvalue weighted by Gasteiger charge is 2.41. The zero-order chi connectivity index (χ0) is 24.0. The number of hydrogen-bond donors (Lipinski definition) is 4. The molecule has 9 heteroatoms. The molecule has 0 fully saturated rings. The van der Waals surface area contributed by atoms with Crippen LogP contribution in [0.15, 0.2) is 52.5 Å². The second-order valence-corrected chi connectivity index (χ2v) is 8.36. The number of rotatable bonds is 5. The Kier molecular flexibility index (Phi) is 5.31. The van der Waals surface area contributed by atoms with Crippen molar-refractivity contribution in [1.29, 1.82) is 0 Å². The van der Waals surface area contributed by atoms with Crippen LogP contribution in [0, 0.1) is 0 Å². The van der Waals surface area contributed by atoms with Gasteiger partial charge in [0.2, 0.25) is 0 Å². The normalized spacial score (nSPS) is 19.2. The lowest BCUT2D eigenvalue weighted by atomic mass is 9.72. The number of anilines is 1. The molecular weight excluding hydrogens is 438 g/mol. The number of allylic oxidation sites excluding steroid dienone is 2. The summed E-state index contributed by atoms with van der Waals surface area (Å²) in [6.45, 7) is 0. The Morgan fingerprint density at radius 2 is 1.68 bits per heavy atom. The van der Waals surface area contributed by atoms with Gasteiger partial charge in [-0.25, -0.2) is 0 Å². The molecule has 0 saturated heterocycles. The number of benzene rings is 2. The highest BCUT2D eigenvalue weighted by Crippen LogP contribution is 2.49. The van der Waals surface area contributed by atoms with E-state index in [1.807, 2.05) is 18.2 Å². The molecule has 0 spiro atoms. The first-order valence-corrected chi connectivity index (χ1v) is 10.9. The fourth-order valence-corrected chi connectivity index (χ4v) is 5.01. The molecule has 2 aromatic carbocycles. The van der Waals surface area contributed by atoms with Crippen LogP contribution in [0.3, 0.4) is 0 Å². The summed E-state index contributed by atoms with van der Waals surface area (Å²) < 4.78 is 16.0. The lowest BCUT2D eigenvalue weighted by Gasteiger charge is -2.35. The van der Waals surface area contributed by atoms with E-state index in [4.69, 9.17) is 14.2 Å². The van der Waals surface area contributed by atoms with Crippen LogP contribution in [0.4, 0.5) is 5.82 Å². The number of aromatic hydroxyl groups is 1. The first kappa shape index (κ1) is 21.7. The number of carbonyl (C=O) groups is 1. The molecule has 0 bridgehead atoms. The minimum atomic E-state index is -0.727. The van der Waals surface area contributed by atoms with Crippen molar-refractivity contribution in [2.45, 2.75) is 24.7 Å². The zero-order valence-electron chi connectivity index (χ0n) is 19.0. The minimum absolute atomic E-state index is 0.0907. The molecule has 2 aliphatic rings. The van der Waals surface area contributed by atoms with Crippen molar-refractivity contribution < 1.29 is 24.1 Å². The van der Waals surface area contributed by atoms with E-state index in [-0.39, 0.29) is 35.2 Å². The highest BCUT2D eigenvalue weighted by atomic mass is 16.5. The maximum atomic E-state index is 13.6. The Morgan fingerprint density at radius 3 is 2.41 bits per heavy atom. The van der Waals surface area contributed by atoms with Gasteiger partial charge < -0.3 is 24.6 Å². The summed E-state index contributed by atoms with van der Waals surface area (Å²) in [5, 5.41) is 19.6. The number of nitrogens with one attached hydrogen (secondary N) is 3. The van der Waals surface area contributed by atoms with E-state index < -0.39 is 5.92 Å². The number of para-hydroxylation sites is 1. The van der Waals surface area contributed by atoms with Crippen LogP contribution >= 0.6 is 0 Å². The predicted molar refractivity (Wildman–Crippen MR) is 125 cm³/mol. The van der Waals surface area contributed by atoms with Gasteiger partial charge in [-0.15, -0.1) is 0 Å². The third-order valence-electron chi connectivity index (χ3n) is 6.62. The van der Waals surface area contributed by atoms with E-state index in [9.17, 15) is 14.7 Å². The maximum absolute atomic E-state index is 13.6. The van der Waals surface area contributed by atoms with Gasteiger partial charge in [-0.1, -0.05) is 18.2 Å². The summed E-state index contributed by atoms with van der Waals surface area (Å²) in [5.74, 6) is 0.972. The van der Waals surface area contributed by atoms with Crippen molar-refractivity contribution >= 4 is 11.6 Å². The Balaban J connectivity index is 1.62. The van der Waals surface area contributed by atoms with Crippen LogP contribution in [0.25, 0.3) is 0 Å². The number of phenols is 1. The summed E-state index contributed by atoms with van der Waals surface area (Å²) >= 11 is 0. The average Bonchev–Trinajstić information content (AvgIpc) is 3.22. The molecule has 2 heterocycles. The lowest BCUT2D eigenvalue weighted by Crippen LogP contribution is -2.31. The van der Waals surface area contributed by atoms with Gasteiger partial charge in [0.1, 0.15) is 5.82 Å². The number of H-pyrrole nitrogens is 2. The monoisotopic (exact) mass is 463 g/mol. The number of ether oxygens (including phenoxy) is 3. The number of aromatic nitrogens is 2. The van der Waals surface area contributed by atoms with Gasteiger partial charge in [0.05, 0.1) is 32.8 Å². The van der Waals surface area contributed by atoms with Gasteiger partial charge in [-0.3, -0.25) is 19.8 Å². The minimum Gasteiger partial charge on any atom is -0.504 e. The first-order valence-electron chi connectivity index (χ1n) is 10.9. The second-order valence-electron chi connectivity index (χ2n) is 8.36. The number of carbonyl (C=O) groups excluding carboxylic acids is 1. The number of Topliss-reactive ketones (excluding diaryl/α,β-unsaturated/α-hetero) is 1. The van der Waals surface area contributed by atoms with Crippen molar-refractivity contribution in [2.24, 2.45) is 0 Å². The fraction of sp³-hybridized carbons (Fsp3) is 0.280. The van der Waals surface area contributed by atoms with Crippen molar-refractivity contribution in [3.05, 3.63) is 74.7 Å². The average molecular weight is 463 g/mol. The number of phenolic OH excluding ortho intramolecular Hbond substituents is 1. The summed E-state index contributed by atoms with van der Waals surface area (Å²) in [7, 11) is 4.61. The first-order chi connectivity index (χ1) is 16.5. The van der Waals surface area contributed by atoms with Crippen molar-refractivity contribution in [1.82, 2.24) is 10.2 Å². The molecule has 1 aliphatic carbocycles. The van der Waals surface area contributed by atoms with Gasteiger partial charge in [0.15, 0.2) is 28.8 Å². The van der Waals surface area contributed by atoms with Gasteiger partial charge in [0.25, 0.3) is 5.56 Å². The standard InChI is InChI=1S/C25H25N3O6/c1-32-17-8-7-12(11-19(17)34-3)13-9-15-21(16(29)10-13)20(22-24(26-15)27-28-25(22)31)14-5-4-6-18(33-2)23(14)30/h4-8,11,13,20,30H,9-10H2,1-3H3,(H3,26,27,28,31). The Morgan fingerprint density at radius 1 is 0.912 bits per heavy atom. The van der Waals surface area contributed by atoms with E-state index in [1.165, 1.54) is 7.11 Å². The molecule has 176 valence electrons. The summed E-state index contributed by atoms with van der Waals surface area (Å²) in [6, 6.07) is 10.7. The molecule has 0 radical (unpaired) electrons. The van der Waals surface area contributed by atoms with Crippen molar-refractivity contribution in [3.8, 4) is 23.0 Å². The molecule has 1 aromatic heterocycles. The van der Waals surface area contributed by atoms with E-state index in [0.29, 0.717) is 46.1 Å². The van der Waals surface area contributed by atoms with Crippen LogP contribution in [0.5, 0.6) is 23.0 Å². The van der Waals surface area contributed by atoms with Crippen LogP contribution < -0.4 is 25.1 Å². The summed E-state index contributed by atoms with van der Waals surface area (Å²) in [5.41, 5.74) is 2.60. The van der Waals surface area contributed by atoms with Gasteiger partial charge in [-0.05, 0) is 36.1 Å². The van der Waals surface area contributed by atoms with E-state index in [0.717, 1.165) is 5.56 Å². The zero-order valence-corrected chi connectivity index (χ0v) is 19.0. The molecule has 5 rings (SSSR count). The van der Waals surface area contributed by atoms with Crippen molar-refractivity contribution in [2.75, 3.05) is 26.6 Å². The Hall–Kier alpha value is -4.14. The van der Waals surface area contributed by atoms with Gasteiger partial charge >= 0.3 is 0 Å². The number of methoxy groups -OCH3 is 3. The summed E-state index contributed by atoms with van der Waals surface area (Å²) in [4.78, 5) is 26.3.